The van der Waals surface area contributed by atoms with Crippen molar-refractivity contribution in [3.05, 3.63) is 54.1 Å². The Labute approximate surface area is 188 Å². The number of tetrazole rings is 1. The summed E-state index contributed by atoms with van der Waals surface area (Å²) in [6.07, 6.45) is 3.29. The highest BCUT2D eigenvalue weighted by molar-refractivity contribution is 7.88. The molecule has 0 spiro atoms. The first-order chi connectivity index (χ1) is 15.4. The number of sulfonamides is 1. The maximum absolute atomic E-state index is 12.7. The molecule has 0 saturated heterocycles. The maximum atomic E-state index is 12.7. The van der Waals surface area contributed by atoms with Crippen molar-refractivity contribution in [2.75, 3.05) is 19.3 Å². The number of hydrogen-bond acceptors (Lipinski definition) is 6. The molecule has 3 rings (SSSR count). The van der Waals surface area contributed by atoms with Crippen molar-refractivity contribution < 1.29 is 13.2 Å². The SMILES string of the molecule is CCCCC(=O)N(CCNS(C)(=O)=O)Cc1ccc(-c2ccccc2-c2nn[nH]n2)cc1. The zero-order chi connectivity index (χ0) is 23.0. The number of aromatic nitrogens is 4. The minimum atomic E-state index is -3.30. The van der Waals surface area contributed by atoms with E-state index in [1.165, 1.54) is 0 Å². The van der Waals surface area contributed by atoms with Crippen LogP contribution < -0.4 is 4.72 Å². The topological polar surface area (TPSA) is 121 Å². The van der Waals surface area contributed by atoms with Crippen LogP contribution in [0.4, 0.5) is 0 Å². The molecule has 2 N–H and O–H groups in total. The largest absolute Gasteiger partial charge is 0.337 e. The monoisotopic (exact) mass is 456 g/mol. The van der Waals surface area contributed by atoms with Crippen molar-refractivity contribution in [3.8, 4) is 22.5 Å². The fourth-order valence-corrected chi connectivity index (χ4v) is 3.82. The Kier molecular flexibility index (Phi) is 8.07. The van der Waals surface area contributed by atoms with Crippen LogP contribution in [0, 0.1) is 0 Å². The van der Waals surface area contributed by atoms with E-state index in [0.717, 1.165) is 41.4 Å². The second-order valence-corrected chi connectivity index (χ2v) is 9.40. The summed E-state index contributed by atoms with van der Waals surface area (Å²) in [5.74, 6) is 0.546. The molecule has 0 aliphatic heterocycles. The van der Waals surface area contributed by atoms with E-state index in [2.05, 4.69) is 25.3 Å². The molecule has 0 atom stereocenters. The third-order valence-corrected chi connectivity index (χ3v) is 5.72. The number of rotatable bonds is 11. The molecular weight excluding hydrogens is 428 g/mol. The summed E-state index contributed by atoms with van der Waals surface area (Å²) >= 11 is 0. The highest BCUT2D eigenvalue weighted by Crippen LogP contribution is 2.29. The fraction of sp³-hybridized carbons (Fsp3) is 0.364. The summed E-state index contributed by atoms with van der Waals surface area (Å²) in [6.45, 7) is 2.96. The molecule has 10 heteroatoms. The molecule has 0 radical (unpaired) electrons. The lowest BCUT2D eigenvalue weighted by Crippen LogP contribution is -2.37. The van der Waals surface area contributed by atoms with E-state index in [1.54, 1.807) is 4.90 Å². The second kappa shape index (κ2) is 11.0. The molecule has 170 valence electrons. The van der Waals surface area contributed by atoms with Gasteiger partial charge in [0, 0.05) is 31.6 Å². The van der Waals surface area contributed by atoms with Gasteiger partial charge in [-0.1, -0.05) is 61.9 Å². The molecule has 1 aromatic heterocycles. The first-order valence-corrected chi connectivity index (χ1v) is 12.4. The molecule has 2 aromatic carbocycles. The van der Waals surface area contributed by atoms with Crippen LogP contribution in [0.15, 0.2) is 48.5 Å². The molecule has 0 saturated carbocycles. The smallest absolute Gasteiger partial charge is 0.222 e. The Morgan fingerprint density at radius 2 is 1.81 bits per heavy atom. The Morgan fingerprint density at radius 3 is 2.44 bits per heavy atom. The number of aromatic amines is 1. The molecular formula is C22H28N6O3S. The van der Waals surface area contributed by atoms with Crippen LogP contribution in [-0.2, 0) is 21.4 Å². The lowest BCUT2D eigenvalue weighted by Gasteiger charge is -2.23. The normalized spacial score (nSPS) is 11.4. The molecule has 3 aromatic rings. The number of nitrogens with one attached hydrogen (secondary N) is 2. The molecule has 1 amide bonds. The van der Waals surface area contributed by atoms with E-state index in [1.807, 2.05) is 55.5 Å². The van der Waals surface area contributed by atoms with Gasteiger partial charge in [0.1, 0.15) is 0 Å². The van der Waals surface area contributed by atoms with Crippen LogP contribution >= 0.6 is 0 Å². The Morgan fingerprint density at radius 1 is 1.09 bits per heavy atom. The molecule has 1 heterocycles. The Balaban J connectivity index is 1.75. The average Bonchev–Trinajstić information content (AvgIpc) is 3.31. The van der Waals surface area contributed by atoms with Gasteiger partial charge in [-0.15, -0.1) is 10.2 Å². The summed E-state index contributed by atoms with van der Waals surface area (Å²) < 4.78 is 25.2. The summed E-state index contributed by atoms with van der Waals surface area (Å²) in [7, 11) is -3.30. The van der Waals surface area contributed by atoms with Gasteiger partial charge in [0.15, 0.2) is 0 Å². The van der Waals surface area contributed by atoms with Crippen LogP contribution in [-0.4, -0.2) is 59.2 Å². The fourth-order valence-electron chi connectivity index (χ4n) is 3.36. The number of nitrogens with zero attached hydrogens (tertiary/aromatic N) is 4. The quantitative estimate of drug-likeness (QED) is 0.457. The minimum Gasteiger partial charge on any atom is -0.337 e. The van der Waals surface area contributed by atoms with E-state index in [9.17, 15) is 13.2 Å². The molecule has 9 nitrogen and oxygen atoms in total. The van der Waals surface area contributed by atoms with Crippen molar-refractivity contribution in [2.45, 2.75) is 32.7 Å². The highest BCUT2D eigenvalue weighted by atomic mass is 32.2. The van der Waals surface area contributed by atoms with Gasteiger partial charge in [0.05, 0.1) is 6.26 Å². The Hall–Kier alpha value is -3.11. The van der Waals surface area contributed by atoms with Gasteiger partial charge in [-0.05, 0) is 28.3 Å². The van der Waals surface area contributed by atoms with Gasteiger partial charge < -0.3 is 4.90 Å². The number of carbonyl (C=O) groups is 1. The number of carbonyl (C=O) groups excluding carboxylic acids is 1. The standard InChI is InChI=1S/C22H28N6O3S/c1-3-4-9-21(29)28(15-14-23-32(2,30)31)16-17-10-12-18(13-11-17)19-7-5-6-8-20(19)22-24-26-27-25-22/h5-8,10-13,23H,3-4,9,14-16H2,1-2H3,(H,24,25,26,27). The van der Waals surface area contributed by atoms with Crippen LogP contribution in [0.25, 0.3) is 22.5 Å². The number of benzene rings is 2. The van der Waals surface area contributed by atoms with E-state index in [0.29, 0.717) is 25.3 Å². The van der Waals surface area contributed by atoms with E-state index in [-0.39, 0.29) is 12.5 Å². The van der Waals surface area contributed by atoms with Gasteiger partial charge in [-0.3, -0.25) is 4.79 Å². The molecule has 0 bridgehead atoms. The molecule has 0 fully saturated rings. The second-order valence-electron chi connectivity index (χ2n) is 7.56. The molecule has 0 aliphatic rings. The minimum absolute atomic E-state index is 0.0219. The van der Waals surface area contributed by atoms with Crippen molar-refractivity contribution >= 4 is 15.9 Å². The van der Waals surface area contributed by atoms with Gasteiger partial charge >= 0.3 is 0 Å². The number of hydrogen-bond donors (Lipinski definition) is 2. The van der Waals surface area contributed by atoms with Gasteiger partial charge in [-0.25, -0.2) is 13.1 Å². The van der Waals surface area contributed by atoms with Crippen molar-refractivity contribution in [2.24, 2.45) is 0 Å². The maximum Gasteiger partial charge on any atom is 0.222 e. The Bertz CT molecular complexity index is 1110. The van der Waals surface area contributed by atoms with Gasteiger partial charge in [0.25, 0.3) is 0 Å². The third kappa shape index (κ3) is 6.69. The van der Waals surface area contributed by atoms with E-state index < -0.39 is 10.0 Å². The molecule has 32 heavy (non-hydrogen) atoms. The molecule has 0 aliphatic carbocycles. The van der Waals surface area contributed by atoms with E-state index >= 15 is 0 Å². The summed E-state index contributed by atoms with van der Waals surface area (Å²) in [5, 5.41) is 14.3. The van der Waals surface area contributed by atoms with Crippen LogP contribution in [0.5, 0.6) is 0 Å². The first-order valence-electron chi connectivity index (χ1n) is 10.5. The lowest BCUT2D eigenvalue weighted by molar-refractivity contribution is -0.131. The number of H-pyrrole nitrogens is 1. The van der Waals surface area contributed by atoms with Gasteiger partial charge in [0.2, 0.25) is 21.8 Å². The van der Waals surface area contributed by atoms with Gasteiger partial charge in [-0.2, -0.15) is 5.21 Å². The highest BCUT2D eigenvalue weighted by Gasteiger charge is 2.15. The van der Waals surface area contributed by atoms with Crippen LogP contribution in [0.1, 0.15) is 31.7 Å². The first kappa shape index (κ1) is 23.6. The van der Waals surface area contributed by atoms with Crippen molar-refractivity contribution in [1.82, 2.24) is 30.2 Å². The van der Waals surface area contributed by atoms with E-state index in [4.69, 9.17) is 0 Å². The van der Waals surface area contributed by atoms with Crippen molar-refractivity contribution in [1.29, 1.82) is 0 Å². The zero-order valence-electron chi connectivity index (χ0n) is 18.3. The predicted octanol–water partition coefficient (Wildman–Crippen LogP) is 2.60. The zero-order valence-corrected chi connectivity index (χ0v) is 19.1. The van der Waals surface area contributed by atoms with Crippen molar-refractivity contribution in [3.63, 3.8) is 0 Å². The summed E-state index contributed by atoms with van der Waals surface area (Å²) in [4.78, 5) is 14.4. The number of unbranched alkanes of at least 4 members (excludes halogenated alkanes) is 1. The third-order valence-electron chi connectivity index (χ3n) is 4.99. The summed E-state index contributed by atoms with van der Waals surface area (Å²) in [6, 6.07) is 15.8. The summed E-state index contributed by atoms with van der Waals surface area (Å²) in [5.41, 5.74) is 3.82. The predicted molar refractivity (Wildman–Crippen MR) is 123 cm³/mol. The lowest BCUT2D eigenvalue weighted by atomic mass is 9.98. The number of amides is 1. The van der Waals surface area contributed by atoms with Crippen LogP contribution in [0.3, 0.4) is 0 Å². The van der Waals surface area contributed by atoms with Crippen LogP contribution in [0.2, 0.25) is 0 Å². The molecule has 0 unspecified atom stereocenters. The average molecular weight is 457 g/mol.